The van der Waals surface area contributed by atoms with Gasteiger partial charge in [0.2, 0.25) is 15.9 Å². The van der Waals surface area contributed by atoms with Crippen molar-refractivity contribution in [1.82, 2.24) is 14.8 Å². The molecule has 0 saturated carbocycles. The Morgan fingerprint density at radius 3 is 2.30 bits per heavy atom. The topological polar surface area (TPSA) is 161 Å². The van der Waals surface area contributed by atoms with E-state index < -0.39 is 73.9 Å². The SMILES string of the molecule is CO[C@]12CN(C(=O)OCc3ncc(C(F)(F)F)cc3NC(=O)C(C)(C)C)C[C@@H]1CN(C(=O)c1ccc(S(N)(=O)=O)cc1F)C2. The number of fused-ring (bicyclic) bond motifs is 1. The molecule has 4 rings (SSSR count). The van der Waals surface area contributed by atoms with E-state index >= 15 is 0 Å². The lowest BCUT2D eigenvalue weighted by Gasteiger charge is -2.27. The van der Waals surface area contributed by atoms with E-state index in [4.69, 9.17) is 14.6 Å². The number of amides is 3. The van der Waals surface area contributed by atoms with E-state index in [1.807, 2.05) is 0 Å². The van der Waals surface area contributed by atoms with Crippen LogP contribution in [0.2, 0.25) is 0 Å². The summed E-state index contributed by atoms with van der Waals surface area (Å²) in [5.41, 5.74) is -3.76. The van der Waals surface area contributed by atoms with Crippen molar-refractivity contribution in [2.24, 2.45) is 16.5 Å². The van der Waals surface area contributed by atoms with Gasteiger partial charge >= 0.3 is 12.3 Å². The molecule has 1 aromatic carbocycles. The number of rotatable bonds is 6. The Labute approximate surface area is 250 Å². The molecule has 3 amide bonds. The Balaban J connectivity index is 1.44. The van der Waals surface area contributed by atoms with Gasteiger partial charge in [-0.3, -0.25) is 14.6 Å². The first kappa shape index (κ1) is 33.1. The van der Waals surface area contributed by atoms with Crippen molar-refractivity contribution in [3.05, 3.63) is 53.1 Å². The van der Waals surface area contributed by atoms with Gasteiger partial charge in [-0.15, -0.1) is 0 Å². The fourth-order valence-electron chi connectivity index (χ4n) is 5.01. The molecule has 240 valence electrons. The molecular formula is C27H31F4N5O7S. The number of sulfonamides is 1. The number of hydrogen-bond donors (Lipinski definition) is 2. The molecular weight excluding hydrogens is 614 g/mol. The van der Waals surface area contributed by atoms with Crippen LogP contribution < -0.4 is 10.5 Å². The molecule has 3 heterocycles. The minimum absolute atomic E-state index is 0.0162. The van der Waals surface area contributed by atoms with E-state index in [2.05, 4.69) is 10.3 Å². The number of nitrogens with two attached hydrogens (primary N) is 1. The van der Waals surface area contributed by atoms with E-state index in [1.165, 1.54) is 16.9 Å². The zero-order chi connectivity index (χ0) is 32.8. The highest BCUT2D eigenvalue weighted by Gasteiger charge is 2.55. The van der Waals surface area contributed by atoms with Gasteiger partial charge in [0.05, 0.1) is 34.8 Å². The molecule has 0 unspecified atom stereocenters. The molecule has 2 fully saturated rings. The van der Waals surface area contributed by atoms with E-state index in [1.54, 1.807) is 20.8 Å². The van der Waals surface area contributed by atoms with Gasteiger partial charge in [0.1, 0.15) is 23.7 Å². The Kier molecular flexibility index (Phi) is 8.71. The molecule has 0 radical (unpaired) electrons. The van der Waals surface area contributed by atoms with Crippen molar-refractivity contribution < 1.29 is 49.8 Å². The van der Waals surface area contributed by atoms with Gasteiger partial charge in [-0.25, -0.2) is 22.7 Å². The maximum absolute atomic E-state index is 14.6. The first-order valence-corrected chi connectivity index (χ1v) is 14.8. The zero-order valence-electron chi connectivity index (χ0n) is 24.2. The number of carbonyl (C=O) groups excluding carboxylic acids is 3. The van der Waals surface area contributed by atoms with Crippen molar-refractivity contribution in [1.29, 1.82) is 0 Å². The number of hydrogen-bond acceptors (Lipinski definition) is 8. The summed E-state index contributed by atoms with van der Waals surface area (Å²) in [4.78, 5) is 44.5. The van der Waals surface area contributed by atoms with Crippen molar-refractivity contribution in [3.63, 3.8) is 0 Å². The highest BCUT2D eigenvalue weighted by atomic mass is 32.2. The second-order valence-electron chi connectivity index (χ2n) is 11.7. The number of nitrogens with one attached hydrogen (secondary N) is 1. The lowest BCUT2D eigenvalue weighted by Crippen LogP contribution is -2.44. The van der Waals surface area contributed by atoms with E-state index in [9.17, 15) is 40.4 Å². The minimum atomic E-state index is -4.72. The Hall–Kier alpha value is -3.83. The monoisotopic (exact) mass is 645 g/mol. The summed E-state index contributed by atoms with van der Waals surface area (Å²) in [7, 11) is -2.78. The molecule has 1 aromatic heterocycles. The number of anilines is 1. The molecule has 2 aliphatic rings. The molecule has 2 atom stereocenters. The summed E-state index contributed by atoms with van der Waals surface area (Å²) in [6, 6.07) is 3.44. The highest BCUT2D eigenvalue weighted by Crippen LogP contribution is 2.39. The van der Waals surface area contributed by atoms with Crippen LogP contribution in [0.25, 0.3) is 0 Å². The predicted octanol–water partition coefficient (Wildman–Crippen LogP) is 2.98. The molecule has 2 saturated heterocycles. The zero-order valence-corrected chi connectivity index (χ0v) is 25.0. The van der Waals surface area contributed by atoms with Crippen LogP contribution in [-0.4, -0.2) is 80.0 Å². The van der Waals surface area contributed by atoms with Crippen LogP contribution >= 0.6 is 0 Å². The molecule has 2 aliphatic heterocycles. The van der Waals surface area contributed by atoms with E-state index in [-0.39, 0.29) is 43.1 Å². The summed E-state index contributed by atoms with van der Waals surface area (Å²) in [6.07, 6.45) is -4.97. The van der Waals surface area contributed by atoms with Gasteiger partial charge in [-0.2, -0.15) is 13.2 Å². The summed E-state index contributed by atoms with van der Waals surface area (Å²) < 4.78 is 88.6. The fraction of sp³-hybridized carbons (Fsp3) is 0.481. The van der Waals surface area contributed by atoms with Gasteiger partial charge in [-0.1, -0.05) is 20.8 Å². The van der Waals surface area contributed by atoms with E-state index in [0.29, 0.717) is 12.3 Å². The van der Waals surface area contributed by atoms with Crippen LogP contribution in [-0.2, 0) is 37.1 Å². The average Bonchev–Trinajstić information content (AvgIpc) is 3.45. The van der Waals surface area contributed by atoms with Crippen LogP contribution in [0.1, 0.15) is 42.4 Å². The molecule has 3 N–H and O–H groups in total. The number of aromatic nitrogens is 1. The number of alkyl halides is 3. The molecule has 12 nitrogen and oxygen atoms in total. The third kappa shape index (κ3) is 6.78. The Bertz CT molecular complexity index is 1600. The number of primary sulfonamides is 1. The molecule has 0 spiro atoms. The number of methoxy groups -OCH3 is 1. The van der Waals surface area contributed by atoms with Crippen molar-refractivity contribution in [3.8, 4) is 0 Å². The van der Waals surface area contributed by atoms with Gasteiger partial charge in [0, 0.05) is 37.7 Å². The molecule has 2 aromatic rings. The van der Waals surface area contributed by atoms with Crippen LogP contribution in [0.3, 0.4) is 0 Å². The first-order valence-electron chi connectivity index (χ1n) is 13.2. The van der Waals surface area contributed by atoms with Crippen molar-refractivity contribution in [2.75, 3.05) is 38.6 Å². The maximum atomic E-state index is 14.6. The molecule has 0 bridgehead atoms. The number of pyridine rings is 1. The second-order valence-corrected chi connectivity index (χ2v) is 13.3. The van der Waals surface area contributed by atoms with Crippen molar-refractivity contribution in [2.45, 2.75) is 44.1 Å². The standard InChI is InChI=1S/C27H31F4N5O7S/c1-25(2,3)23(38)34-20-7-15(27(29,30)31)9-33-21(20)12-43-24(39)36-11-16-10-35(13-26(16,14-36)42-4)22(37)18-6-5-17(8-19(18)28)44(32,40)41/h5-9,16H,10-14H2,1-4H3,(H,34,38)(H2,32,40,41)/t16-,26+/m0/s1. The quantitative estimate of drug-likeness (QED) is 0.454. The predicted molar refractivity (Wildman–Crippen MR) is 146 cm³/mol. The fourth-order valence-corrected chi connectivity index (χ4v) is 5.54. The van der Waals surface area contributed by atoms with Crippen LogP contribution in [0.4, 0.5) is 28.0 Å². The van der Waals surface area contributed by atoms with E-state index in [0.717, 1.165) is 18.2 Å². The number of benzene rings is 1. The van der Waals surface area contributed by atoms with Crippen LogP contribution in [0.5, 0.6) is 0 Å². The third-order valence-corrected chi connectivity index (χ3v) is 8.46. The first-order chi connectivity index (χ1) is 20.2. The summed E-state index contributed by atoms with van der Waals surface area (Å²) >= 11 is 0. The minimum Gasteiger partial charge on any atom is -0.443 e. The van der Waals surface area contributed by atoms with Crippen LogP contribution in [0, 0.1) is 17.2 Å². The van der Waals surface area contributed by atoms with Crippen LogP contribution in [0.15, 0.2) is 35.4 Å². The normalized spacial score (nSPS) is 20.4. The largest absolute Gasteiger partial charge is 0.443 e. The average molecular weight is 646 g/mol. The summed E-state index contributed by atoms with van der Waals surface area (Å²) in [5, 5.41) is 7.44. The van der Waals surface area contributed by atoms with Gasteiger partial charge in [0.25, 0.3) is 5.91 Å². The number of carbonyl (C=O) groups is 3. The maximum Gasteiger partial charge on any atom is 0.417 e. The summed E-state index contributed by atoms with van der Waals surface area (Å²) in [5.74, 6) is -2.74. The van der Waals surface area contributed by atoms with Gasteiger partial charge in [0.15, 0.2) is 0 Å². The number of ether oxygens (including phenoxy) is 2. The number of halogens is 4. The molecule has 44 heavy (non-hydrogen) atoms. The lowest BCUT2D eigenvalue weighted by atomic mass is 9.95. The van der Waals surface area contributed by atoms with Gasteiger partial charge < -0.3 is 24.6 Å². The molecule has 0 aliphatic carbocycles. The number of likely N-dealkylation sites (tertiary alicyclic amines) is 2. The molecule has 17 heteroatoms. The lowest BCUT2D eigenvalue weighted by molar-refractivity contribution is -0.137. The second kappa shape index (κ2) is 11.6. The highest BCUT2D eigenvalue weighted by molar-refractivity contribution is 7.89. The third-order valence-electron chi connectivity index (χ3n) is 7.55. The Morgan fingerprint density at radius 2 is 1.75 bits per heavy atom. The number of nitrogens with zero attached hydrogens (tertiary/aromatic N) is 3. The Morgan fingerprint density at radius 1 is 1.11 bits per heavy atom. The van der Waals surface area contributed by atoms with Crippen molar-refractivity contribution >= 4 is 33.6 Å². The van der Waals surface area contributed by atoms with Gasteiger partial charge in [-0.05, 0) is 24.3 Å². The summed E-state index contributed by atoms with van der Waals surface area (Å²) in [6.45, 7) is 4.31. The smallest absolute Gasteiger partial charge is 0.417 e.